The van der Waals surface area contributed by atoms with Gasteiger partial charge in [0, 0.05) is 12.1 Å². The maximum absolute atomic E-state index is 13.3. The lowest BCUT2D eigenvalue weighted by atomic mass is 10.1. The van der Waals surface area contributed by atoms with E-state index in [1.54, 1.807) is 35.2 Å². The molecule has 1 saturated heterocycles. The van der Waals surface area contributed by atoms with Gasteiger partial charge in [0.25, 0.3) is 5.91 Å². The molecule has 6 heteroatoms. The number of halogens is 2. The molecule has 2 aromatic carbocycles. The first-order chi connectivity index (χ1) is 11.6. The predicted molar refractivity (Wildman–Crippen MR) is 87.2 cm³/mol. The monoisotopic (exact) mass is 344 g/mol. The summed E-state index contributed by atoms with van der Waals surface area (Å²) < 4.78 is 19.0. The van der Waals surface area contributed by atoms with E-state index >= 15 is 0 Å². The summed E-state index contributed by atoms with van der Waals surface area (Å²) in [4.78, 5) is 14.3. The zero-order valence-corrected chi connectivity index (χ0v) is 13.5. The van der Waals surface area contributed by atoms with Crippen LogP contribution in [0.3, 0.4) is 0 Å². The lowest BCUT2D eigenvalue weighted by Crippen LogP contribution is -2.42. The Morgan fingerprint density at radius 2 is 2.17 bits per heavy atom. The summed E-state index contributed by atoms with van der Waals surface area (Å²) >= 11 is 5.82. The molecule has 0 unspecified atom stereocenters. The van der Waals surface area contributed by atoms with E-state index in [-0.39, 0.29) is 17.0 Å². The van der Waals surface area contributed by atoms with Crippen molar-refractivity contribution in [1.82, 2.24) is 4.90 Å². The quantitative estimate of drug-likeness (QED) is 0.837. The van der Waals surface area contributed by atoms with E-state index in [9.17, 15) is 9.18 Å². The van der Waals surface area contributed by atoms with Crippen molar-refractivity contribution < 1.29 is 13.9 Å². The van der Waals surface area contributed by atoms with Crippen LogP contribution < -0.4 is 0 Å². The number of nitrogens with zero attached hydrogens (tertiary/aromatic N) is 2. The molecule has 0 spiro atoms. The van der Waals surface area contributed by atoms with Gasteiger partial charge in [-0.3, -0.25) is 4.79 Å². The van der Waals surface area contributed by atoms with Crippen molar-refractivity contribution in [3.63, 3.8) is 0 Å². The van der Waals surface area contributed by atoms with Gasteiger partial charge in [0.2, 0.25) is 0 Å². The molecule has 0 N–H and O–H groups in total. The van der Waals surface area contributed by atoms with E-state index in [0.29, 0.717) is 30.8 Å². The molecular formula is C18H14ClFN2O2. The number of ether oxygens (including phenoxy) is 1. The SMILES string of the molecule is N#Cc1cccc(C(=O)N2CCO[C@H](c3ccc(F)c(Cl)c3)C2)c1. The molecule has 0 aromatic heterocycles. The molecule has 2 aromatic rings. The van der Waals surface area contributed by atoms with E-state index in [2.05, 4.69) is 0 Å². The number of rotatable bonds is 2. The maximum atomic E-state index is 13.3. The summed E-state index contributed by atoms with van der Waals surface area (Å²) in [6.07, 6.45) is -0.361. The summed E-state index contributed by atoms with van der Waals surface area (Å²) in [5, 5.41) is 8.98. The summed E-state index contributed by atoms with van der Waals surface area (Å²) in [7, 11) is 0. The van der Waals surface area contributed by atoms with Gasteiger partial charge in [0.05, 0.1) is 29.8 Å². The number of carbonyl (C=O) groups excluding carboxylic acids is 1. The number of morpholine rings is 1. The average molecular weight is 345 g/mol. The zero-order chi connectivity index (χ0) is 17.1. The molecule has 0 radical (unpaired) electrons. The Balaban J connectivity index is 1.78. The van der Waals surface area contributed by atoms with Gasteiger partial charge >= 0.3 is 0 Å². The largest absolute Gasteiger partial charge is 0.370 e. The fourth-order valence-electron chi connectivity index (χ4n) is 2.65. The minimum atomic E-state index is -0.488. The highest BCUT2D eigenvalue weighted by atomic mass is 35.5. The van der Waals surface area contributed by atoms with E-state index in [1.165, 1.54) is 12.1 Å². The molecule has 0 bridgehead atoms. The van der Waals surface area contributed by atoms with E-state index < -0.39 is 5.82 Å². The van der Waals surface area contributed by atoms with Crippen LogP contribution in [0, 0.1) is 17.1 Å². The minimum Gasteiger partial charge on any atom is -0.370 e. The molecule has 1 heterocycles. The Hall–Kier alpha value is -2.42. The Kier molecular flexibility index (Phi) is 4.79. The first-order valence-corrected chi connectivity index (χ1v) is 7.82. The highest BCUT2D eigenvalue weighted by Gasteiger charge is 2.26. The van der Waals surface area contributed by atoms with Crippen LogP contribution in [0.4, 0.5) is 4.39 Å². The summed E-state index contributed by atoms with van der Waals surface area (Å²) in [6, 6.07) is 13.0. The number of benzene rings is 2. The number of hydrogen-bond acceptors (Lipinski definition) is 3. The Morgan fingerprint density at radius 1 is 1.33 bits per heavy atom. The van der Waals surface area contributed by atoms with E-state index in [0.717, 1.165) is 5.56 Å². The molecule has 1 aliphatic rings. The lowest BCUT2D eigenvalue weighted by molar-refractivity contribution is -0.0228. The molecule has 1 atom stereocenters. The molecule has 3 rings (SSSR count). The predicted octanol–water partition coefficient (Wildman–Crippen LogP) is 3.56. The van der Waals surface area contributed by atoms with Gasteiger partial charge in [-0.25, -0.2) is 4.39 Å². The van der Waals surface area contributed by atoms with Crippen LogP contribution in [0.25, 0.3) is 0 Å². The highest BCUT2D eigenvalue weighted by Crippen LogP contribution is 2.27. The molecule has 122 valence electrons. The van der Waals surface area contributed by atoms with Crippen molar-refractivity contribution in [2.45, 2.75) is 6.10 Å². The van der Waals surface area contributed by atoms with Crippen LogP contribution in [0.1, 0.15) is 27.6 Å². The Bertz CT molecular complexity index is 819. The highest BCUT2D eigenvalue weighted by molar-refractivity contribution is 6.30. The van der Waals surface area contributed by atoms with Gasteiger partial charge in [-0.05, 0) is 35.9 Å². The first-order valence-electron chi connectivity index (χ1n) is 7.44. The van der Waals surface area contributed by atoms with Crippen LogP contribution in [0.2, 0.25) is 5.02 Å². The molecule has 4 nitrogen and oxygen atoms in total. The van der Waals surface area contributed by atoms with E-state index in [4.69, 9.17) is 21.6 Å². The number of nitriles is 1. The topological polar surface area (TPSA) is 53.3 Å². The average Bonchev–Trinajstić information content (AvgIpc) is 2.63. The van der Waals surface area contributed by atoms with E-state index in [1.807, 2.05) is 6.07 Å². The Morgan fingerprint density at radius 3 is 2.92 bits per heavy atom. The fraction of sp³-hybridized carbons (Fsp3) is 0.222. The van der Waals surface area contributed by atoms with Gasteiger partial charge < -0.3 is 9.64 Å². The van der Waals surface area contributed by atoms with Crippen molar-refractivity contribution >= 4 is 17.5 Å². The lowest BCUT2D eigenvalue weighted by Gasteiger charge is -2.33. The first kappa shape index (κ1) is 16.4. The maximum Gasteiger partial charge on any atom is 0.254 e. The molecule has 24 heavy (non-hydrogen) atoms. The van der Waals surface area contributed by atoms with Crippen molar-refractivity contribution in [1.29, 1.82) is 5.26 Å². The number of carbonyl (C=O) groups is 1. The second-order valence-electron chi connectivity index (χ2n) is 5.48. The second kappa shape index (κ2) is 7.00. The third-order valence-electron chi connectivity index (χ3n) is 3.91. The molecular weight excluding hydrogens is 331 g/mol. The summed E-state index contributed by atoms with van der Waals surface area (Å²) in [6.45, 7) is 1.18. The Labute approximate surface area is 144 Å². The van der Waals surface area contributed by atoms with Crippen LogP contribution >= 0.6 is 11.6 Å². The summed E-state index contributed by atoms with van der Waals surface area (Å²) in [5.74, 6) is -0.647. The molecule has 1 aliphatic heterocycles. The molecule has 0 saturated carbocycles. The van der Waals surface area contributed by atoms with Gasteiger partial charge in [0.1, 0.15) is 11.9 Å². The van der Waals surface area contributed by atoms with Crippen molar-refractivity contribution in [2.24, 2.45) is 0 Å². The normalized spacial score (nSPS) is 17.4. The van der Waals surface area contributed by atoms with Gasteiger partial charge in [0.15, 0.2) is 0 Å². The number of amides is 1. The number of hydrogen-bond donors (Lipinski definition) is 0. The minimum absolute atomic E-state index is 0.0290. The molecule has 1 amide bonds. The summed E-state index contributed by atoms with van der Waals surface area (Å²) in [5.41, 5.74) is 1.63. The van der Waals surface area contributed by atoms with Crippen LogP contribution in [-0.2, 0) is 4.74 Å². The van der Waals surface area contributed by atoms with Gasteiger partial charge in [-0.1, -0.05) is 23.7 Å². The van der Waals surface area contributed by atoms with Crippen LogP contribution in [-0.4, -0.2) is 30.5 Å². The molecule has 0 aliphatic carbocycles. The van der Waals surface area contributed by atoms with Crippen molar-refractivity contribution in [3.05, 3.63) is 70.0 Å². The third-order valence-corrected chi connectivity index (χ3v) is 4.20. The third kappa shape index (κ3) is 3.40. The second-order valence-corrected chi connectivity index (χ2v) is 5.88. The van der Waals surface area contributed by atoms with Crippen molar-refractivity contribution in [2.75, 3.05) is 19.7 Å². The van der Waals surface area contributed by atoms with Crippen LogP contribution in [0.15, 0.2) is 42.5 Å². The smallest absolute Gasteiger partial charge is 0.254 e. The standard InChI is InChI=1S/C18H14ClFN2O2/c19-15-9-13(4-5-16(15)20)17-11-22(6-7-24-17)18(23)14-3-1-2-12(8-14)10-21/h1-5,8-9,17H,6-7,11H2/t17-/m0/s1. The van der Waals surface area contributed by atoms with Crippen molar-refractivity contribution in [3.8, 4) is 6.07 Å². The zero-order valence-electron chi connectivity index (χ0n) is 12.7. The molecule has 1 fully saturated rings. The van der Waals surface area contributed by atoms with Gasteiger partial charge in [-0.15, -0.1) is 0 Å². The van der Waals surface area contributed by atoms with Crippen LogP contribution in [0.5, 0.6) is 0 Å². The fourth-order valence-corrected chi connectivity index (χ4v) is 2.84. The van der Waals surface area contributed by atoms with Gasteiger partial charge in [-0.2, -0.15) is 5.26 Å².